The number of methoxy groups -OCH3 is 1. The first kappa shape index (κ1) is 8.82. The molecule has 0 radical (unpaired) electrons. The van der Waals surface area contributed by atoms with Gasteiger partial charge in [-0.2, -0.15) is 0 Å². The van der Waals surface area contributed by atoms with E-state index in [1.54, 1.807) is 14.2 Å². The third-order valence-corrected chi connectivity index (χ3v) is 0. The van der Waals surface area contributed by atoms with Crippen LogP contribution in [0.1, 0.15) is 0 Å². The average Bonchev–Trinajstić information content (AvgIpc) is 1.46. The number of ether oxygens (including phenoxy) is 1. The van der Waals surface area contributed by atoms with E-state index in [2.05, 4.69) is 4.74 Å². The van der Waals surface area contributed by atoms with Gasteiger partial charge in [-0.05, 0) is 0 Å². The van der Waals surface area contributed by atoms with Gasteiger partial charge in [0.2, 0.25) is 0 Å². The maximum atomic E-state index is 7.00. The van der Waals surface area contributed by atoms with Crippen molar-refractivity contribution in [2.45, 2.75) is 0 Å². The summed E-state index contributed by atoms with van der Waals surface area (Å²) in [7, 11) is 3.25. The van der Waals surface area contributed by atoms with Crippen LogP contribution in [-0.4, -0.2) is 14.2 Å². The van der Waals surface area contributed by atoms with Crippen molar-refractivity contribution in [3.63, 3.8) is 0 Å². The zero-order chi connectivity index (χ0) is 4.71. The Morgan fingerprint density at radius 1 is 1.20 bits per heavy atom. The summed E-state index contributed by atoms with van der Waals surface area (Å²) in [6.07, 6.45) is 0. The molecule has 0 heterocycles. The molecule has 3 nitrogen and oxygen atoms in total. The van der Waals surface area contributed by atoms with Crippen molar-refractivity contribution in [2.24, 2.45) is 0 Å². The van der Waals surface area contributed by atoms with Gasteiger partial charge < -0.3 is 4.74 Å². The Morgan fingerprint density at radius 3 is 1.20 bits per heavy atom. The summed E-state index contributed by atoms with van der Waals surface area (Å²) >= 11 is 0. The predicted octanol–water partition coefficient (Wildman–Crippen LogP) is 0.330. The van der Waals surface area contributed by atoms with Gasteiger partial charge in [-0.25, -0.2) is 0 Å². The fraction of sp³-hybridized carbons (Fsp3) is 1.00. The summed E-state index contributed by atoms with van der Waals surface area (Å²) in [4.78, 5) is 14.0. The molecule has 0 N–H and O–H groups in total. The van der Waals surface area contributed by atoms with Crippen LogP contribution in [0.3, 0.4) is 0 Å². The Hall–Kier alpha value is -0.440. The van der Waals surface area contributed by atoms with Crippen LogP contribution in [0.25, 0.3) is 0 Å². The molecule has 0 saturated carbocycles. The largest absolute Gasteiger partial charge is 0.388 e. The topological polar surface area (TPSA) is 43.4 Å². The molecule has 0 saturated heterocycles. The van der Waals surface area contributed by atoms with Crippen molar-refractivity contribution in [1.82, 2.24) is 0 Å². The number of hydrogen-bond acceptors (Lipinski definition) is 3. The molecule has 5 heavy (non-hydrogen) atoms. The maximum Gasteiger partial charge on any atom is 0.0351 e. The van der Waals surface area contributed by atoms with Gasteiger partial charge in [0, 0.05) is 24.1 Å². The van der Waals surface area contributed by atoms with E-state index in [-0.39, 0.29) is 0 Å². The standard InChI is InChI=1S/C2H6O.O2/c1-3-2;1-2/h1-2H3;. The molecule has 0 rings (SSSR count). The van der Waals surface area contributed by atoms with Crippen LogP contribution in [0.2, 0.25) is 0 Å². The van der Waals surface area contributed by atoms with Crippen LogP contribution >= 0.6 is 0 Å². The molecule has 0 atom stereocenters. The van der Waals surface area contributed by atoms with Crippen LogP contribution in [0, 0.1) is 9.93 Å². The zero-order valence-corrected chi connectivity index (χ0v) is 3.22. The van der Waals surface area contributed by atoms with Crippen molar-refractivity contribution < 1.29 is 4.74 Å². The molecule has 3 heteroatoms. The lowest BCUT2D eigenvalue weighted by Gasteiger charge is -1.61. The average molecular weight is 78.1 g/mol. The minimum Gasteiger partial charge on any atom is -0.388 e. The highest BCUT2D eigenvalue weighted by atomic mass is 16.7. The molecular weight excluding hydrogens is 72.0 g/mol. The molecule has 0 aliphatic carbocycles. The van der Waals surface area contributed by atoms with Gasteiger partial charge in [0.25, 0.3) is 0 Å². The second-order valence-electron chi connectivity index (χ2n) is 0.408. The van der Waals surface area contributed by atoms with Crippen LogP contribution in [0.4, 0.5) is 0 Å². The molecule has 0 aromatic heterocycles. The fourth-order valence-electron chi connectivity index (χ4n) is 0. The van der Waals surface area contributed by atoms with Crippen molar-refractivity contribution in [3.05, 3.63) is 9.93 Å². The second kappa shape index (κ2) is 74.4. The summed E-state index contributed by atoms with van der Waals surface area (Å²) in [5.74, 6) is 0. The number of hydrogen-bond donors (Lipinski definition) is 0. The van der Waals surface area contributed by atoms with Gasteiger partial charge >= 0.3 is 0 Å². The van der Waals surface area contributed by atoms with Crippen LogP contribution in [0.5, 0.6) is 0 Å². The smallest absolute Gasteiger partial charge is 0.0351 e. The molecule has 0 bridgehead atoms. The molecule has 0 unspecified atom stereocenters. The minimum absolute atomic E-state index is 1.62. The summed E-state index contributed by atoms with van der Waals surface area (Å²) in [6.45, 7) is 0. The molecular formula is C2H6O3. The zero-order valence-electron chi connectivity index (χ0n) is 3.22. The third kappa shape index (κ3) is 44.8. The highest BCUT2D eigenvalue weighted by Gasteiger charge is 1.25. The fourth-order valence-corrected chi connectivity index (χ4v) is 0. The van der Waals surface area contributed by atoms with Gasteiger partial charge in [-0.1, -0.05) is 0 Å². The lowest BCUT2D eigenvalue weighted by Crippen LogP contribution is -1.55. The van der Waals surface area contributed by atoms with E-state index in [1.807, 2.05) is 0 Å². The third-order valence-electron chi connectivity index (χ3n) is 0. The van der Waals surface area contributed by atoms with Gasteiger partial charge in [-0.15, -0.1) is 0 Å². The van der Waals surface area contributed by atoms with E-state index in [4.69, 9.17) is 9.93 Å². The highest BCUT2D eigenvalue weighted by Crippen LogP contribution is 1.28. The van der Waals surface area contributed by atoms with E-state index >= 15 is 0 Å². The summed E-state index contributed by atoms with van der Waals surface area (Å²) in [6, 6.07) is 0. The van der Waals surface area contributed by atoms with Crippen molar-refractivity contribution in [1.29, 1.82) is 0 Å². The van der Waals surface area contributed by atoms with E-state index in [0.717, 1.165) is 0 Å². The molecule has 0 aliphatic rings. The molecule has 0 aliphatic heterocycles. The maximum absolute atomic E-state index is 7.00. The van der Waals surface area contributed by atoms with Gasteiger partial charge in [0.15, 0.2) is 0 Å². The molecule has 0 aromatic carbocycles. The van der Waals surface area contributed by atoms with Crippen molar-refractivity contribution >= 4 is 0 Å². The SMILES string of the molecule is COC.O=O. The normalized spacial score (nSPS) is 4.40. The monoisotopic (exact) mass is 78.0 g/mol. The van der Waals surface area contributed by atoms with E-state index in [9.17, 15) is 0 Å². The first-order valence-electron chi connectivity index (χ1n) is 0.983. The summed E-state index contributed by atoms with van der Waals surface area (Å²) in [5, 5.41) is 0. The van der Waals surface area contributed by atoms with Gasteiger partial charge in [-0.3, -0.25) is 0 Å². The molecule has 0 aromatic rings. The number of rotatable bonds is 0. The Morgan fingerprint density at radius 2 is 1.20 bits per heavy atom. The lowest BCUT2D eigenvalue weighted by molar-refractivity contribution is 0.277. The lowest BCUT2D eigenvalue weighted by atomic mass is 11.6. The van der Waals surface area contributed by atoms with Crippen LogP contribution in [-0.2, 0) is 4.74 Å². The summed E-state index contributed by atoms with van der Waals surface area (Å²) in [5.41, 5.74) is 0. The quantitative estimate of drug-likeness (QED) is 0.419. The Kier molecular flexibility index (Phi) is 131. The Labute approximate surface area is 30.2 Å². The highest BCUT2D eigenvalue weighted by molar-refractivity contribution is 4.07. The second-order valence-corrected chi connectivity index (χ2v) is 0.408. The Bertz CT molecular complexity index is 8.85. The molecule has 32 valence electrons. The van der Waals surface area contributed by atoms with Crippen molar-refractivity contribution in [3.8, 4) is 0 Å². The molecule has 0 spiro atoms. The van der Waals surface area contributed by atoms with E-state index < -0.39 is 0 Å². The molecule has 0 fully saturated rings. The van der Waals surface area contributed by atoms with Crippen LogP contribution in [0.15, 0.2) is 0 Å². The summed E-state index contributed by atoms with van der Waals surface area (Å²) < 4.78 is 4.25. The van der Waals surface area contributed by atoms with E-state index in [0.29, 0.717) is 0 Å². The predicted molar refractivity (Wildman–Crippen MR) is 19.7 cm³/mol. The van der Waals surface area contributed by atoms with Gasteiger partial charge in [0.05, 0.1) is 0 Å². The minimum atomic E-state index is 1.62. The van der Waals surface area contributed by atoms with E-state index in [1.165, 1.54) is 0 Å². The molecule has 0 amide bonds. The van der Waals surface area contributed by atoms with Crippen molar-refractivity contribution in [2.75, 3.05) is 14.2 Å². The Balaban J connectivity index is 0. The van der Waals surface area contributed by atoms with Gasteiger partial charge in [0.1, 0.15) is 0 Å². The first-order chi connectivity index (χ1) is 2.41. The van der Waals surface area contributed by atoms with Crippen LogP contribution < -0.4 is 0 Å². The first-order valence-corrected chi connectivity index (χ1v) is 0.983.